The van der Waals surface area contributed by atoms with Crippen LogP contribution in [0.25, 0.3) is 0 Å². The van der Waals surface area contributed by atoms with E-state index in [0.29, 0.717) is 18.8 Å². The summed E-state index contributed by atoms with van der Waals surface area (Å²) in [6, 6.07) is 12.2. The molecule has 122 valence electrons. The number of nitrogens with two attached hydrogens (primary N) is 1. The predicted molar refractivity (Wildman–Crippen MR) is 84.4 cm³/mol. The average molecular weight is 340 g/mol. The Labute approximate surface area is 136 Å². The summed E-state index contributed by atoms with van der Waals surface area (Å²) in [5.41, 5.74) is 7.28. The monoisotopic (exact) mass is 340 g/mol. The van der Waals surface area contributed by atoms with E-state index in [0.717, 1.165) is 21.9 Å². The fourth-order valence-corrected chi connectivity index (χ4v) is 3.57. The second-order valence-electron chi connectivity index (χ2n) is 5.04. The van der Waals surface area contributed by atoms with Crippen molar-refractivity contribution < 1.29 is 17.9 Å². The quantitative estimate of drug-likeness (QED) is 0.887. The van der Waals surface area contributed by atoms with Gasteiger partial charge in [-0.15, -0.1) is 13.2 Å². The van der Waals surface area contributed by atoms with Gasteiger partial charge in [0, 0.05) is 22.4 Å². The normalized spacial score (nSPS) is 13.5. The molecule has 0 saturated heterocycles. The van der Waals surface area contributed by atoms with E-state index in [4.69, 9.17) is 5.73 Å². The van der Waals surface area contributed by atoms with Gasteiger partial charge >= 0.3 is 6.36 Å². The van der Waals surface area contributed by atoms with Gasteiger partial charge in [-0.05, 0) is 37.2 Å². The molecule has 0 aromatic heterocycles. The molecule has 2 aromatic carbocycles. The smallest absolute Gasteiger partial charge is 0.406 e. The summed E-state index contributed by atoms with van der Waals surface area (Å²) >= 11 is 1.54. The fraction of sp³-hybridized carbons (Fsp3) is 0.250. The summed E-state index contributed by atoms with van der Waals surface area (Å²) in [6.07, 6.45) is -3.96. The third-order valence-corrected chi connectivity index (χ3v) is 4.55. The maximum absolute atomic E-state index is 12.5. The standard InChI is InChI=1S/C16H15F3N2OS/c17-16(18,19)22-11-6-7-15-13(10-11)21(9-3-8-20)12-4-1-2-5-14(12)23-15/h1-2,4-7,10H,3,8-9,20H2. The number of halogens is 3. The van der Waals surface area contributed by atoms with Crippen molar-refractivity contribution in [2.45, 2.75) is 22.6 Å². The lowest BCUT2D eigenvalue weighted by atomic mass is 10.2. The van der Waals surface area contributed by atoms with E-state index in [-0.39, 0.29) is 5.75 Å². The minimum absolute atomic E-state index is 0.214. The van der Waals surface area contributed by atoms with E-state index in [1.54, 1.807) is 6.07 Å². The second-order valence-corrected chi connectivity index (χ2v) is 6.12. The van der Waals surface area contributed by atoms with Crippen LogP contribution in [-0.2, 0) is 0 Å². The Morgan fingerprint density at radius 2 is 1.78 bits per heavy atom. The van der Waals surface area contributed by atoms with Gasteiger partial charge in [0.2, 0.25) is 0 Å². The van der Waals surface area contributed by atoms with Gasteiger partial charge in [0.25, 0.3) is 0 Å². The minimum Gasteiger partial charge on any atom is -0.406 e. The van der Waals surface area contributed by atoms with E-state index in [2.05, 4.69) is 4.74 Å². The van der Waals surface area contributed by atoms with E-state index >= 15 is 0 Å². The molecule has 7 heteroatoms. The number of nitrogens with zero attached hydrogens (tertiary/aromatic N) is 1. The number of ether oxygens (including phenoxy) is 1. The second kappa shape index (κ2) is 6.33. The first-order valence-electron chi connectivity index (χ1n) is 7.12. The number of hydrogen-bond donors (Lipinski definition) is 1. The van der Waals surface area contributed by atoms with Gasteiger partial charge in [-0.2, -0.15) is 0 Å². The summed E-state index contributed by atoms with van der Waals surface area (Å²) in [4.78, 5) is 3.97. The molecule has 0 aliphatic carbocycles. The van der Waals surface area contributed by atoms with Gasteiger partial charge in [-0.1, -0.05) is 23.9 Å². The number of para-hydroxylation sites is 1. The predicted octanol–water partition coefficient (Wildman–Crippen LogP) is 4.54. The Hall–Kier alpha value is -1.86. The zero-order valence-corrected chi connectivity index (χ0v) is 13.0. The lowest BCUT2D eigenvalue weighted by molar-refractivity contribution is -0.274. The van der Waals surface area contributed by atoms with Crippen LogP contribution in [0.2, 0.25) is 0 Å². The van der Waals surface area contributed by atoms with Crippen molar-refractivity contribution in [3.8, 4) is 5.75 Å². The van der Waals surface area contributed by atoms with Crippen molar-refractivity contribution in [3.05, 3.63) is 42.5 Å². The zero-order chi connectivity index (χ0) is 16.4. The number of anilines is 2. The molecule has 3 nitrogen and oxygen atoms in total. The summed E-state index contributed by atoms with van der Waals surface area (Å²) < 4.78 is 41.4. The van der Waals surface area contributed by atoms with Crippen molar-refractivity contribution in [2.24, 2.45) is 5.73 Å². The molecule has 1 heterocycles. The van der Waals surface area contributed by atoms with Crippen molar-refractivity contribution >= 4 is 23.1 Å². The average Bonchev–Trinajstić information content (AvgIpc) is 2.50. The molecule has 2 aromatic rings. The first kappa shape index (κ1) is 16.0. The molecule has 1 aliphatic rings. The molecule has 0 fully saturated rings. The highest BCUT2D eigenvalue weighted by atomic mass is 32.2. The highest BCUT2D eigenvalue weighted by molar-refractivity contribution is 7.99. The van der Waals surface area contributed by atoms with Crippen LogP contribution in [0.4, 0.5) is 24.5 Å². The lowest BCUT2D eigenvalue weighted by Crippen LogP contribution is -2.24. The highest BCUT2D eigenvalue weighted by Crippen LogP contribution is 2.49. The van der Waals surface area contributed by atoms with Gasteiger partial charge in [0.05, 0.1) is 11.4 Å². The molecule has 0 atom stereocenters. The van der Waals surface area contributed by atoms with Crippen LogP contribution in [0.15, 0.2) is 52.3 Å². The van der Waals surface area contributed by atoms with Crippen LogP contribution in [0.5, 0.6) is 5.75 Å². The molecule has 0 radical (unpaired) electrons. The lowest BCUT2D eigenvalue weighted by Gasteiger charge is -2.33. The Bertz CT molecular complexity index is 706. The Balaban J connectivity index is 2.00. The van der Waals surface area contributed by atoms with Gasteiger partial charge in [0.15, 0.2) is 0 Å². The number of rotatable bonds is 4. The van der Waals surface area contributed by atoms with E-state index in [9.17, 15) is 13.2 Å². The van der Waals surface area contributed by atoms with Crippen LogP contribution >= 0.6 is 11.8 Å². The Kier molecular flexibility index (Phi) is 4.41. The van der Waals surface area contributed by atoms with Gasteiger partial charge in [-0.25, -0.2) is 0 Å². The van der Waals surface area contributed by atoms with Crippen molar-refractivity contribution in [1.82, 2.24) is 0 Å². The molecule has 0 amide bonds. The molecule has 3 rings (SSSR count). The van der Waals surface area contributed by atoms with Crippen molar-refractivity contribution in [1.29, 1.82) is 0 Å². The van der Waals surface area contributed by atoms with Gasteiger partial charge in [-0.3, -0.25) is 0 Å². The van der Waals surface area contributed by atoms with Crippen LogP contribution in [0, 0.1) is 0 Å². The summed E-state index contributed by atoms with van der Waals surface area (Å²) in [6.45, 7) is 1.15. The largest absolute Gasteiger partial charge is 0.573 e. The number of benzene rings is 2. The summed E-state index contributed by atoms with van der Waals surface area (Å²) in [7, 11) is 0. The highest BCUT2D eigenvalue weighted by Gasteiger charge is 2.32. The van der Waals surface area contributed by atoms with E-state index in [1.165, 1.54) is 23.9 Å². The van der Waals surface area contributed by atoms with Crippen LogP contribution < -0.4 is 15.4 Å². The Morgan fingerprint density at radius 3 is 2.52 bits per heavy atom. The summed E-state index contributed by atoms with van der Waals surface area (Å²) in [5.74, 6) is -0.214. The van der Waals surface area contributed by atoms with Crippen molar-refractivity contribution in [2.75, 3.05) is 18.0 Å². The maximum Gasteiger partial charge on any atom is 0.573 e. The molecule has 0 unspecified atom stereocenters. The molecular weight excluding hydrogens is 325 g/mol. The van der Waals surface area contributed by atoms with Gasteiger partial charge < -0.3 is 15.4 Å². The zero-order valence-electron chi connectivity index (χ0n) is 12.1. The third-order valence-electron chi connectivity index (χ3n) is 3.42. The van der Waals surface area contributed by atoms with Crippen LogP contribution in [0.1, 0.15) is 6.42 Å². The topological polar surface area (TPSA) is 38.5 Å². The van der Waals surface area contributed by atoms with Gasteiger partial charge in [0.1, 0.15) is 5.75 Å². The third kappa shape index (κ3) is 3.56. The minimum atomic E-state index is -4.70. The first-order valence-corrected chi connectivity index (χ1v) is 7.94. The SMILES string of the molecule is NCCCN1c2ccccc2Sc2ccc(OC(F)(F)F)cc21. The number of alkyl halides is 3. The molecule has 0 bridgehead atoms. The summed E-state index contributed by atoms with van der Waals surface area (Å²) in [5, 5.41) is 0. The van der Waals surface area contributed by atoms with Crippen LogP contribution in [0.3, 0.4) is 0 Å². The van der Waals surface area contributed by atoms with E-state index < -0.39 is 6.36 Å². The number of hydrogen-bond acceptors (Lipinski definition) is 4. The Morgan fingerprint density at radius 1 is 1.04 bits per heavy atom. The molecule has 0 spiro atoms. The fourth-order valence-electron chi connectivity index (χ4n) is 2.50. The maximum atomic E-state index is 12.5. The number of fused-ring (bicyclic) bond motifs is 2. The molecule has 1 aliphatic heterocycles. The molecule has 0 saturated carbocycles. The van der Waals surface area contributed by atoms with Crippen molar-refractivity contribution in [3.63, 3.8) is 0 Å². The molecular formula is C16H15F3N2OS. The first-order chi connectivity index (χ1) is 11.0. The molecule has 23 heavy (non-hydrogen) atoms. The van der Waals surface area contributed by atoms with Crippen LogP contribution in [-0.4, -0.2) is 19.5 Å². The van der Waals surface area contributed by atoms with E-state index in [1.807, 2.05) is 29.2 Å². The molecule has 2 N–H and O–H groups in total.